The van der Waals surface area contributed by atoms with Gasteiger partial charge in [0.15, 0.2) is 0 Å². The van der Waals surface area contributed by atoms with Crippen LogP contribution in [0, 0.1) is 6.92 Å². The molecule has 0 aliphatic heterocycles. The summed E-state index contributed by atoms with van der Waals surface area (Å²) in [6, 6.07) is 16.8. The van der Waals surface area contributed by atoms with Crippen LogP contribution in [0.25, 0.3) is 0 Å². The molecule has 3 nitrogen and oxygen atoms in total. The highest BCUT2D eigenvalue weighted by Gasteiger charge is 1.98. The Hall–Kier alpha value is -2.42. The Morgan fingerprint density at radius 2 is 1.65 bits per heavy atom. The largest absolute Gasteiger partial charge is 0.466 e. The second-order valence-electron chi connectivity index (χ2n) is 6.57. The molecule has 2 aromatic rings. The molecule has 138 valence electrons. The van der Waals surface area contributed by atoms with Crippen molar-refractivity contribution in [2.24, 2.45) is 4.99 Å². The number of aliphatic imine (C=N–C) groups is 1. The van der Waals surface area contributed by atoms with Crippen molar-refractivity contribution in [1.82, 2.24) is 0 Å². The highest BCUT2D eigenvalue weighted by atomic mass is 16.5. The molecular formula is C23H29NO2. The van der Waals surface area contributed by atoms with Crippen LogP contribution in [0.5, 0.6) is 0 Å². The van der Waals surface area contributed by atoms with Crippen LogP contribution in [0.15, 0.2) is 53.5 Å². The zero-order valence-corrected chi connectivity index (χ0v) is 15.9. The molecule has 0 bridgehead atoms. The summed E-state index contributed by atoms with van der Waals surface area (Å²) in [5, 5.41) is 0. The molecule has 26 heavy (non-hydrogen) atoms. The molecule has 3 heteroatoms. The summed E-state index contributed by atoms with van der Waals surface area (Å²) in [5.41, 5.74) is 4.70. The van der Waals surface area contributed by atoms with E-state index in [9.17, 15) is 4.79 Å². The quantitative estimate of drug-likeness (QED) is 0.308. The predicted molar refractivity (Wildman–Crippen MR) is 108 cm³/mol. The van der Waals surface area contributed by atoms with Gasteiger partial charge in [0.1, 0.15) is 0 Å². The minimum Gasteiger partial charge on any atom is -0.466 e. The zero-order valence-electron chi connectivity index (χ0n) is 15.9. The third-order valence-electron chi connectivity index (χ3n) is 4.29. The number of aryl methyl sites for hydroxylation is 2. The lowest BCUT2D eigenvalue weighted by molar-refractivity contribution is -0.143. The second kappa shape index (κ2) is 11.2. The maximum absolute atomic E-state index is 11.0. The summed E-state index contributed by atoms with van der Waals surface area (Å²) in [6.07, 6.45) is 7.86. The Balaban J connectivity index is 1.66. The molecule has 0 fully saturated rings. The molecule has 0 spiro atoms. The lowest BCUT2D eigenvalue weighted by Gasteiger charge is -2.04. The fraction of sp³-hybridized carbons (Fsp3) is 0.391. The van der Waals surface area contributed by atoms with E-state index in [1.807, 2.05) is 25.3 Å². The van der Waals surface area contributed by atoms with E-state index in [4.69, 9.17) is 4.74 Å². The van der Waals surface area contributed by atoms with Gasteiger partial charge in [0.2, 0.25) is 0 Å². The van der Waals surface area contributed by atoms with E-state index in [1.165, 1.54) is 24.0 Å². The van der Waals surface area contributed by atoms with Gasteiger partial charge in [-0.1, -0.05) is 61.7 Å². The number of rotatable bonds is 10. The van der Waals surface area contributed by atoms with E-state index < -0.39 is 0 Å². The molecule has 0 saturated carbocycles. The number of carbonyl (C=O) groups excluding carboxylic acids is 1. The van der Waals surface area contributed by atoms with Gasteiger partial charge in [0, 0.05) is 12.6 Å². The van der Waals surface area contributed by atoms with E-state index >= 15 is 0 Å². The first kappa shape index (κ1) is 19.9. The maximum atomic E-state index is 11.0. The number of hydrogen-bond donors (Lipinski definition) is 0. The summed E-state index contributed by atoms with van der Waals surface area (Å²) in [7, 11) is 0. The average Bonchev–Trinajstić information content (AvgIpc) is 2.67. The van der Waals surface area contributed by atoms with E-state index in [0.717, 1.165) is 30.5 Å². The summed E-state index contributed by atoms with van der Waals surface area (Å²) < 4.78 is 5.08. The van der Waals surface area contributed by atoms with Gasteiger partial charge in [-0.05, 0) is 49.4 Å². The monoisotopic (exact) mass is 351 g/mol. The molecule has 0 heterocycles. The Morgan fingerprint density at radius 3 is 2.35 bits per heavy atom. The van der Waals surface area contributed by atoms with Crippen LogP contribution in [0.4, 0.5) is 5.69 Å². The van der Waals surface area contributed by atoms with E-state index in [1.54, 1.807) is 0 Å². The van der Waals surface area contributed by atoms with Crippen LogP contribution in [0.1, 0.15) is 55.7 Å². The van der Waals surface area contributed by atoms with Crippen molar-refractivity contribution in [3.8, 4) is 0 Å². The minimum atomic E-state index is -0.101. The number of carbonyl (C=O) groups is 1. The Bertz CT molecular complexity index is 687. The molecule has 0 N–H and O–H groups in total. The fourth-order valence-electron chi connectivity index (χ4n) is 2.62. The van der Waals surface area contributed by atoms with Crippen molar-refractivity contribution in [2.45, 2.75) is 52.4 Å². The SMILES string of the molecule is CCC(=O)OCCCCCCc1ccc(C=Nc2ccc(C)cc2)cc1. The van der Waals surface area contributed by atoms with Crippen LogP contribution in [-0.2, 0) is 16.0 Å². The van der Waals surface area contributed by atoms with Gasteiger partial charge in [-0.3, -0.25) is 9.79 Å². The average molecular weight is 351 g/mol. The molecule has 0 saturated heterocycles. The first-order valence-corrected chi connectivity index (χ1v) is 9.52. The first-order valence-electron chi connectivity index (χ1n) is 9.52. The van der Waals surface area contributed by atoms with Gasteiger partial charge in [-0.25, -0.2) is 0 Å². The summed E-state index contributed by atoms with van der Waals surface area (Å²) >= 11 is 0. The molecule has 2 rings (SSSR count). The smallest absolute Gasteiger partial charge is 0.305 e. The van der Waals surface area contributed by atoms with Gasteiger partial charge in [-0.2, -0.15) is 0 Å². The number of nitrogens with zero attached hydrogens (tertiary/aromatic N) is 1. The number of esters is 1. The number of benzene rings is 2. The van der Waals surface area contributed by atoms with Crippen molar-refractivity contribution >= 4 is 17.9 Å². The summed E-state index contributed by atoms with van der Waals surface area (Å²) in [6.45, 7) is 4.46. The topological polar surface area (TPSA) is 38.7 Å². The first-order chi connectivity index (χ1) is 12.7. The van der Waals surface area contributed by atoms with Crippen LogP contribution >= 0.6 is 0 Å². The van der Waals surface area contributed by atoms with Crippen LogP contribution < -0.4 is 0 Å². The van der Waals surface area contributed by atoms with Gasteiger partial charge >= 0.3 is 5.97 Å². The molecule has 0 radical (unpaired) electrons. The molecule has 0 aromatic heterocycles. The standard InChI is InChI=1S/C23H29NO2/c1-3-23(25)26-17-7-5-4-6-8-20-11-13-21(14-12-20)18-24-22-15-9-19(2)10-16-22/h9-16,18H,3-8,17H2,1-2H3. The highest BCUT2D eigenvalue weighted by molar-refractivity contribution is 5.81. The van der Waals surface area contributed by atoms with E-state index in [2.05, 4.69) is 48.3 Å². The van der Waals surface area contributed by atoms with E-state index in [-0.39, 0.29) is 5.97 Å². The van der Waals surface area contributed by atoms with Gasteiger partial charge in [-0.15, -0.1) is 0 Å². The molecule has 0 amide bonds. The fourth-order valence-corrected chi connectivity index (χ4v) is 2.62. The van der Waals surface area contributed by atoms with Crippen molar-refractivity contribution in [1.29, 1.82) is 0 Å². The van der Waals surface area contributed by atoms with Crippen molar-refractivity contribution in [3.05, 3.63) is 65.2 Å². The minimum absolute atomic E-state index is 0.101. The predicted octanol–water partition coefficient (Wildman–Crippen LogP) is 5.80. The van der Waals surface area contributed by atoms with Gasteiger partial charge in [0.05, 0.1) is 12.3 Å². The van der Waals surface area contributed by atoms with Gasteiger partial charge in [0.25, 0.3) is 0 Å². The van der Waals surface area contributed by atoms with Crippen LogP contribution in [0.3, 0.4) is 0 Å². The zero-order chi connectivity index (χ0) is 18.6. The molecule has 0 aliphatic carbocycles. The van der Waals surface area contributed by atoms with Crippen molar-refractivity contribution < 1.29 is 9.53 Å². The molecule has 0 atom stereocenters. The Morgan fingerprint density at radius 1 is 0.962 bits per heavy atom. The van der Waals surface area contributed by atoms with Crippen molar-refractivity contribution in [3.63, 3.8) is 0 Å². The molecule has 0 unspecified atom stereocenters. The normalized spacial score (nSPS) is 11.0. The van der Waals surface area contributed by atoms with E-state index in [0.29, 0.717) is 13.0 Å². The summed E-state index contributed by atoms with van der Waals surface area (Å²) in [5.74, 6) is -0.101. The summed E-state index contributed by atoms with van der Waals surface area (Å²) in [4.78, 5) is 15.5. The van der Waals surface area contributed by atoms with Crippen molar-refractivity contribution in [2.75, 3.05) is 6.61 Å². The van der Waals surface area contributed by atoms with Gasteiger partial charge < -0.3 is 4.74 Å². The lowest BCUT2D eigenvalue weighted by Crippen LogP contribution is -2.03. The lowest BCUT2D eigenvalue weighted by atomic mass is 10.0. The third-order valence-corrected chi connectivity index (χ3v) is 4.29. The molecule has 0 aliphatic rings. The second-order valence-corrected chi connectivity index (χ2v) is 6.57. The van der Waals surface area contributed by atoms with Crippen LogP contribution in [0.2, 0.25) is 0 Å². The molecular weight excluding hydrogens is 322 g/mol. The Labute approximate surface area is 157 Å². The molecule has 2 aromatic carbocycles. The third kappa shape index (κ3) is 7.64. The Kier molecular flexibility index (Phi) is 8.61. The highest BCUT2D eigenvalue weighted by Crippen LogP contribution is 2.13. The number of unbranched alkanes of at least 4 members (excludes halogenated alkanes) is 3. The maximum Gasteiger partial charge on any atom is 0.305 e. The number of ether oxygens (including phenoxy) is 1. The van der Waals surface area contributed by atoms with Crippen LogP contribution in [-0.4, -0.2) is 18.8 Å². The number of hydrogen-bond acceptors (Lipinski definition) is 3.